The Morgan fingerprint density at radius 3 is 2.80 bits per heavy atom. The van der Waals surface area contributed by atoms with Gasteiger partial charge in [-0.2, -0.15) is 0 Å². The lowest BCUT2D eigenvalue weighted by Gasteiger charge is -2.33. The van der Waals surface area contributed by atoms with Gasteiger partial charge in [0.25, 0.3) is 0 Å². The minimum Gasteiger partial charge on any atom is -0.314 e. The van der Waals surface area contributed by atoms with Crippen LogP contribution in [0.3, 0.4) is 0 Å². The van der Waals surface area contributed by atoms with Gasteiger partial charge in [-0.1, -0.05) is 35.9 Å². The molecule has 0 radical (unpaired) electrons. The molecule has 2 aromatic rings. The maximum Gasteiger partial charge on any atom is 0.134 e. The number of hydrogen-bond donors (Lipinski definition) is 1. The Morgan fingerprint density at radius 1 is 1.30 bits per heavy atom. The van der Waals surface area contributed by atoms with Crippen LogP contribution in [0.25, 0.3) is 10.9 Å². The molecule has 0 spiro atoms. The van der Waals surface area contributed by atoms with Gasteiger partial charge in [0.15, 0.2) is 0 Å². The first-order chi connectivity index (χ1) is 9.79. The van der Waals surface area contributed by atoms with Crippen molar-refractivity contribution in [2.24, 2.45) is 0 Å². The van der Waals surface area contributed by atoms with Crippen molar-refractivity contribution >= 4 is 22.5 Å². The van der Waals surface area contributed by atoms with Crippen molar-refractivity contribution in [2.45, 2.75) is 6.04 Å². The molecule has 0 unspecified atom stereocenters. The van der Waals surface area contributed by atoms with Crippen LogP contribution < -0.4 is 5.32 Å². The number of hydrogen-bond acceptors (Lipinski definition) is 3. The van der Waals surface area contributed by atoms with Crippen molar-refractivity contribution in [2.75, 3.05) is 26.2 Å². The second-order valence-corrected chi connectivity index (χ2v) is 5.39. The summed E-state index contributed by atoms with van der Waals surface area (Å²) in [6.45, 7) is 7.99. The molecule has 0 bridgehead atoms. The minimum atomic E-state index is 0.127. The van der Waals surface area contributed by atoms with E-state index in [-0.39, 0.29) is 6.04 Å². The number of fused-ring (bicyclic) bond motifs is 1. The smallest absolute Gasteiger partial charge is 0.134 e. The van der Waals surface area contributed by atoms with Gasteiger partial charge in [0.05, 0.1) is 11.6 Å². The minimum absolute atomic E-state index is 0.127. The van der Waals surface area contributed by atoms with Gasteiger partial charge >= 0.3 is 0 Å². The molecule has 104 valence electrons. The maximum absolute atomic E-state index is 6.39. The highest BCUT2D eigenvalue weighted by Gasteiger charge is 2.22. The van der Waals surface area contributed by atoms with Gasteiger partial charge < -0.3 is 5.32 Å². The van der Waals surface area contributed by atoms with Crippen LogP contribution in [0.1, 0.15) is 11.6 Å². The van der Waals surface area contributed by atoms with Gasteiger partial charge in [-0.3, -0.25) is 4.90 Å². The molecule has 1 aliphatic heterocycles. The monoisotopic (exact) mass is 287 g/mol. The quantitative estimate of drug-likeness (QED) is 0.695. The molecule has 1 atom stereocenters. The zero-order chi connectivity index (χ0) is 13.9. The van der Waals surface area contributed by atoms with E-state index in [1.165, 1.54) is 0 Å². The van der Waals surface area contributed by atoms with Crippen LogP contribution in [0.5, 0.6) is 0 Å². The molecule has 1 aliphatic rings. The van der Waals surface area contributed by atoms with Crippen molar-refractivity contribution in [3.8, 4) is 0 Å². The molecule has 1 aromatic heterocycles. The summed E-state index contributed by atoms with van der Waals surface area (Å²) in [6.07, 6.45) is 1.96. The summed E-state index contributed by atoms with van der Waals surface area (Å²) in [5, 5.41) is 5.06. The largest absolute Gasteiger partial charge is 0.314 e. The number of para-hydroxylation sites is 1. The highest BCUT2D eigenvalue weighted by molar-refractivity contribution is 6.30. The summed E-state index contributed by atoms with van der Waals surface area (Å²) >= 11 is 6.39. The number of piperazine rings is 1. The van der Waals surface area contributed by atoms with Gasteiger partial charge in [-0.05, 0) is 12.1 Å². The Hall–Kier alpha value is -1.42. The molecule has 3 nitrogen and oxygen atoms in total. The number of pyridine rings is 1. The zero-order valence-electron chi connectivity index (χ0n) is 11.3. The van der Waals surface area contributed by atoms with Crippen molar-refractivity contribution in [3.05, 3.63) is 53.7 Å². The maximum atomic E-state index is 6.39. The SMILES string of the molecule is C=C[C@H](c1cc2ccccc2nc1Cl)N1CCNCC1. The van der Waals surface area contributed by atoms with Crippen molar-refractivity contribution in [1.82, 2.24) is 15.2 Å². The Balaban J connectivity index is 2.01. The van der Waals surface area contributed by atoms with E-state index in [1.54, 1.807) is 0 Å². The number of rotatable bonds is 3. The van der Waals surface area contributed by atoms with Crippen molar-refractivity contribution in [1.29, 1.82) is 0 Å². The van der Waals surface area contributed by atoms with Crippen LogP contribution in [0.15, 0.2) is 43.0 Å². The topological polar surface area (TPSA) is 28.2 Å². The normalized spacial score (nSPS) is 18.1. The fraction of sp³-hybridized carbons (Fsp3) is 0.312. The van der Waals surface area contributed by atoms with E-state index in [2.05, 4.69) is 33.9 Å². The van der Waals surface area contributed by atoms with E-state index < -0.39 is 0 Å². The highest BCUT2D eigenvalue weighted by atomic mass is 35.5. The molecule has 0 amide bonds. The Labute approximate surface area is 124 Å². The summed E-state index contributed by atoms with van der Waals surface area (Å²) < 4.78 is 0. The third kappa shape index (κ3) is 2.57. The molecule has 20 heavy (non-hydrogen) atoms. The number of halogens is 1. The number of nitrogens with zero attached hydrogens (tertiary/aromatic N) is 2. The summed E-state index contributed by atoms with van der Waals surface area (Å²) in [5.41, 5.74) is 1.98. The molecule has 1 fully saturated rings. The number of nitrogens with one attached hydrogen (secondary N) is 1. The van der Waals surface area contributed by atoms with Crippen LogP contribution in [-0.4, -0.2) is 36.1 Å². The lowest BCUT2D eigenvalue weighted by Crippen LogP contribution is -2.44. The third-order valence-corrected chi connectivity index (χ3v) is 4.09. The van der Waals surface area contributed by atoms with Crippen LogP contribution in [0.4, 0.5) is 0 Å². The predicted octanol–water partition coefficient (Wildman–Crippen LogP) is 3.02. The van der Waals surface area contributed by atoms with Crippen LogP contribution in [0, 0.1) is 0 Å². The van der Waals surface area contributed by atoms with Crippen LogP contribution in [-0.2, 0) is 0 Å². The third-order valence-electron chi connectivity index (χ3n) is 3.79. The lowest BCUT2D eigenvalue weighted by molar-refractivity contribution is 0.203. The van der Waals surface area contributed by atoms with Crippen LogP contribution >= 0.6 is 11.6 Å². The molecule has 1 aromatic carbocycles. The lowest BCUT2D eigenvalue weighted by atomic mass is 10.0. The van der Waals surface area contributed by atoms with E-state index in [9.17, 15) is 0 Å². The summed E-state index contributed by atoms with van der Waals surface area (Å²) in [7, 11) is 0. The van der Waals surface area contributed by atoms with Gasteiger partial charge in [-0.25, -0.2) is 4.98 Å². The van der Waals surface area contributed by atoms with Crippen LogP contribution in [0.2, 0.25) is 5.15 Å². The second-order valence-electron chi connectivity index (χ2n) is 5.03. The number of aromatic nitrogens is 1. The van der Waals surface area contributed by atoms with Crippen molar-refractivity contribution < 1.29 is 0 Å². The zero-order valence-corrected chi connectivity index (χ0v) is 12.1. The highest BCUT2D eigenvalue weighted by Crippen LogP contribution is 2.30. The van der Waals surface area contributed by atoms with Gasteiger partial charge in [0.1, 0.15) is 5.15 Å². The molecule has 4 heteroatoms. The predicted molar refractivity (Wildman–Crippen MR) is 84.1 cm³/mol. The van der Waals surface area contributed by atoms with Gasteiger partial charge in [0.2, 0.25) is 0 Å². The Bertz CT molecular complexity index is 620. The van der Waals surface area contributed by atoms with E-state index in [4.69, 9.17) is 11.6 Å². The standard InChI is InChI=1S/C16H18ClN3/c1-2-15(20-9-7-18-8-10-20)13-11-12-5-3-4-6-14(12)19-16(13)17/h2-6,11,15,18H,1,7-10H2/t15-/m1/s1. The second kappa shape index (κ2) is 5.92. The van der Waals surface area contributed by atoms with Crippen molar-refractivity contribution in [3.63, 3.8) is 0 Å². The molecular formula is C16H18ClN3. The molecule has 1 N–H and O–H groups in total. The van der Waals surface area contributed by atoms with Gasteiger partial charge in [-0.15, -0.1) is 6.58 Å². The van der Waals surface area contributed by atoms with E-state index in [0.29, 0.717) is 5.15 Å². The molecule has 0 aliphatic carbocycles. The Kier molecular flexibility index (Phi) is 4.01. The summed E-state index contributed by atoms with van der Waals surface area (Å²) in [5.74, 6) is 0. The first kappa shape index (κ1) is 13.6. The molecular weight excluding hydrogens is 270 g/mol. The summed E-state index contributed by atoms with van der Waals surface area (Å²) in [4.78, 5) is 6.90. The fourth-order valence-electron chi connectivity index (χ4n) is 2.75. The number of benzene rings is 1. The van der Waals surface area contributed by atoms with E-state index in [0.717, 1.165) is 42.6 Å². The first-order valence-corrected chi connectivity index (χ1v) is 7.30. The summed E-state index contributed by atoms with van der Waals surface area (Å²) in [6, 6.07) is 10.3. The molecule has 2 heterocycles. The average Bonchev–Trinajstić information content (AvgIpc) is 2.49. The van der Waals surface area contributed by atoms with E-state index in [1.807, 2.05) is 24.3 Å². The van der Waals surface area contributed by atoms with Gasteiger partial charge in [0, 0.05) is 37.1 Å². The van der Waals surface area contributed by atoms with E-state index >= 15 is 0 Å². The fourth-order valence-corrected chi connectivity index (χ4v) is 3.01. The molecule has 3 rings (SSSR count). The first-order valence-electron chi connectivity index (χ1n) is 6.92. The average molecular weight is 288 g/mol. The molecule has 0 saturated carbocycles. The molecule has 1 saturated heterocycles. The Morgan fingerprint density at radius 2 is 2.05 bits per heavy atom.